The second-order valence-corrected chi connectivity index (χ2v) is 7.09. The summed E-state index contributed by atoms with van der Waals surface area (Å²) in [4.78, 5) is 14.7. The molecule has 0 aliphatic rings. The zero-order valence-corrected chi connectivity index (χ0v) is 14.8. The van der Waals surface area contributed by atoms with E-state index in [4.69, 9.17) is 17.5 Å². The van der Waals surface area contributed by atoms with Crippen LogP contribution in [0.4, 0.5) is 5.69 Å². The van der Waals surface area contributed by atoms with Crippen molar-refractivity contribution in [1.29, 1.82) is 5.26 Å². The molecule has 21 heavy (non-hydrogen) atoms. The molecule has 1 N–H and O–H groups in total. The van der Waals surface area contributed by atoms with Gasteiger partial charge in [-0.2, -0.15) is 5.26 Å². The molecule has 1 amide bonds. The SMILES string of the molecule is Cc1cc(SC#N)cc(C)c1NC(=O)CSC(=S)N(C)C. The maximum Gasteiger partial charge on any atom is 0.234 e. The van der Waals surface area contributed by atoms with Gasteiger partial charge in [0.25, 0.3) is 0 Å². The molecule has 0 heterocycles. The van der Waals surface area contributed by atoms with Crippen molar-refractivity contribution in [3.8, 4) is 5.40 Å². The largest absolute Gasteiger partial charge is 0.364 e. The molecule has 0 bridgehead atoms. The number of anilines is 1. The van der Waals surface area contributed by atoms with Gasteiger partial charge in [-0.1, -0.05) is 24.0 Å². The first-order valence-corrected chi connectivity index (χ1v) is 8.37. The molecule has 0 spiro atoms. The van der Waals surface area contributed by atoms with Gasteiger partial charge in [0, 0.05) is 24.7 Å². The van der Waals surface area contributed by atoms with Crippen molar-refractivity contribution >= 4 is 51.7 Å². The Morgan fingerprint density at radius 3 is 2.43 bits per heavy atom. The number of thioether (sulfide) groups is 2. The van der Waals surface area contributed by atoms with Crippen LogP contribution in [0.3, 0.4) is 0 Å². The van der Waals surface area contributed by atoms with Crippen molar-refractivity contribution in [2.75, 3.05) is 25.2 Å². The highest BCUT2D eigenvalue weighted by Crippen LogP contribution is 2.27. The number of hydrogen-bond acceptors (Lipinski definition) is 5. The van der Waals surface area contributed by atoms with E-state index in [1.807, 2.05) is 45.5 Å². The molecule has 0 unspecified atom stereocenters. The van der Waals surface area contributed by atoms with Gasteiger partial charge < -0.3 is 10.2 Å². The summed E-state index contributed by atoms with van der Waals surface area (Å²) < 4.78 is 0.680. The minimum atomic E-state index is -0.0870. The molecule has 1 aromatic rings. The Kier molecular flexibility index (Phi) is 7.02. The van der Waals surface area contributed by atoms with Crippen molar-refractivity contribution in [2.24, 2.45) is 0 Å². The molecule has 7 heteroatoms. The number of aryl methyl sites for hydroxylation is 2. The number of nitrogens with one attached hydrogen (secondary N) is 1. The zero-order chi connectivity index (χ0) is 16.0. The average molecular weight is 340 g/mol. The third kappa shape index (κ3) is 5.58. The van der Waals surface area contributed by atoms with E-state index in [1.165, 1.54) is 11.8 Å². The Hall–Kier alpha value is -1.23. The van der Waals surface area contributed by atoms with Gasteiger partial charge in [-0.3, -0.25) is 4.79 Å². The number of nitriles is 1. The summed E-state index contributed by atoms with van der Waals surface area (Å²) in [6.45, 7) is 3.84. The summed E-state index contributed by atoms with van der Waals surface area (Å²) in [7, 11) is 3.71. The molecular formula is C14H17N3OS3. The summed E-state index contributed by atoms with van der Waals surface area (Å²) in [5.41, 5.74) is 2.70. The van der Waals surface area contributed by atoms with E-state index in [0.29, 0.717) is 4.32 Å². The number of benzene rings is 1. The van der Waals surface area contributed by atoms with Gasteiger partial charge in [-0.15, -0.1) is 0 Å². The van der Waals surface area contributed by atoms with Crippen LogP contribution < -0.4 is 5.32 Å². The van der Waals surface area contributed by atoms with E-state index in [9.17, 15) is 4.79 Å². The van der Waals surface area contributed by atoms with Gasteiger partial charge >= 0.3 is 0 Å². The standard InChI is InChI=1S/C14H17N3OS3/c1-9-5-11(21-8-15)6-10(2)13(9)16-12(18)7-20-14(19)17(3)4/h5-6H,7H2,1-4H3,(H,16,18). The van der Waals surface area contributed by atoms with Gasteiger partial charge in [-0.25, -0.2) is 0 Å². The quantitative estimate of drug-likeness (QED) is 0.515. The molecule has 0 aromatic heterocycles. The maximum atomic E-state index is 12.0. The Balaban J connectivity index is 2.73. The fraction of sp³-hybridized carbons (Fsp3) is 0.357. The Labute approximate surface area is 139 Å². The minimum Gasteiger partial charge on any atom is -0.364 e. The summed E-state index contributed by atoms with van der Waals surface area (Å²) in [6.07, 6.45) is 0. The highest BCUT2D eigenvalue weighted by Gasteiger charge is 2.11. The molecule has 0 aliphatic heterocycles. The first-order valence-electron chi connectivity index (χ1n) is 6.16. The molecule has 0 saturated carbocycles. The van der Waals surface area contributed by atoms with Crippen molar-refractivity contribution in [1.82, 2.24) is 4.90 Å². The van der Waals surface area contributed by atoms with Gasteiger partial charge in [0.15, 0.2) is 0 Å². The fourth-order valence-electron chi connectivity index (χ4n) is 1.66. The predicted molar refractivity (Wildman–Crippen MR) is 94.8 cm³/mol. The first-order chi connectivity index (χ1) is 9.85. The number of carbonyl (C=O) groups excluding carboxylic acids is 1. The average Bonchev–Trinajstić information content (AvgIpc) is 2.40. The Bertz CT molecular complexity index is 571. The number of carbonyl (C=O) groups is 1. The van der Waals surface area contributed by atoms with Crippen LogP contribution in [0.2, 0.25) is 0 Å². The topological polar surface area (TPSA) is 56.1 Å². The highest BCUT2D eigenvalue weighted by atomic mass is 32.2. The van der Waals surface area contributed by atoms with Crippen molar-refractivity contribution in [3.05, 3.63) is 23.3 Å². The summed E-state index contributed by atoms with van der Waals surface area (Å²) in [5, 5.41) is 13.7. The fourth-order valence-corrected chi connectivity index (χ4v) is 3.00. The van der Waals surface area contributed by atoms with Crippen LogP contribution in [0, 0.1) is 24.5 Å². The molecule has 1 rings (SSSR count). The summed E-state index contributed by atoms with van der Waals surface area (Å²) >= 11 is 7.58. The van der Waals surface area contributed by atoms with Crippen LogP contribution in [0.5, 0.6) is 0 Å². The van der Waals surface area contributed by atoms with Crippen LogP contribution in [0.1, 0.15) is 11.1 Å². The van der Waals surface area contributed by atoms with E-state index >= 15 is 0 Å². The molecule has 1 aromatic carbocycles. The molecule has 0 atom stereocenters. The lowest BCUT2D eigenvalue weighted by Gasteiger charge is -2.14. The smallest absolute Gasteiger partial charge is 0.234 e. The second kappa shape index (κ2) is 8.27. The number of nitrogens with zero attached hydrogens (tertiary/aromatic N) is 2. The highest BCUT2D eigenvalue weighted by molar-refractivity contribution is 8.23. The molecule has 4 nitrogen and oxygen atoms in total. The summed E-state index contributed by atoms with van der Waals surface area (Å²) in [6, 6.07) is 3.79. The number of thiocyanates is 1. The normalized spacial score (nSPS) is 9.86. The van der Waals surface area contributed by atoms with Crippen LogP contribution >= 0.6 is 35.7 Å². The molecule has 0 aliphatic carbocycles. The van der Waals surface area contributed by atoms with E-state index in [0.717, 1.165) is 33.5 Å². The molecule has 0 saturated heterocycles. The van der Waals surface area contributed by atoms with E-state index in [-0.39, 0.29) is 11.7 Å². The maximum absolute atomic E-state index is 12.0. The third-order valence-corrected chi connectivity index (χ3v) is 4.93. The van der Waals surface area contributed by atoms with Gasteiger partial charge in [0.2, 0.25) is 5.91 Å². The minimum absolute atomic E-state index is 0.0870. The lowest BCUT2D eigenvalue weighted by atomic mass is 10.1. The first kappa shape index (κ1) is 17.8. The van der Waals surface area contributed by atoms with E-state index in [2.05, 4.69) is 5.32 Å². The number of hydrogen-bond donors (Lipinski definition) is 1. The second-order valence-electron chi connectivity index (χ2n) is 4.62. The van der Waals surface area contributed by atoms with Gasteiger partial charge in [-0.05, 0) is 48.9 Å². The number of rotatable bonds is 4. The zero-order valence-electron chi connectivity index (χ0n) is 12.4. The number of amides is 1. The molecular weight excluding hydrogens is 322 g/mol. The molecule has 0 radical (unpaired) electrons. The predicted octanol–water partition coefficient (Wildman–Crippen LogP) is 3.39. The Morgan fingerprint density at radius 1 is 1.38 bits per heavy atom. The van der Waals surface area contributed by atoms with Crippen LogP contribution in [0.15, 0.2) is 17.0 Å². The molecule has 112 valence electrons. The van der Waals surface area contributed by atoms with Crippen molar-refractivity contribution < 1.29 is 4.79 Å². The van der Waals surface area contributed by atoms with Crippen LogP contribution in [-0.2, 0) is 4.79 Å². The number of thiocarbonyl (C=S) groups is 1. The monoisotopic (exact) mass is 339 g/mol. The van der Waals surface area contributed by atoms with Gasteiger partial charge in [0.1, 0.15) is 9.72 Å². The summed E-state index contributed by atoms with van der Waals surface area (Å²) in [5.74, 6) is 0.195. The van der Waals surface area contributed by atoms with Crippen LogP contribution in [-0.4, -0.2) is 35.0 Å². The van der Waals surface area contributed by atoms with Crippen LogP contribution in [0.25, 0.3) is 0 Å². The van der Waals surface area contributed by atoms with E-state index in [1.54, 1.807) is 4.90 Å². The Morgan fingerprint density at radius 2 is 1.95 bits per heavy atom. The lowest BCUT2D eigenvalue weighted by molar-refractivity contribution is -0.113. The van der Waals surface area contributed by atoms with Crippen molar-refractivity contribution in [3.63, 3.8) is 0 Å². The third-order valence-electron chi connectivity index (χ3n) is 2.63. The van der Waals surface area contributed by atoms with Crippen molar-refractivity contribution in [2.45, 2.75) is 18.7 Å². The van der Waals surface area contributed by atoms with E-state index < -0.39 is 0 Å². The molecule has 0 fully saturated rings. The van der Waals surface area contributed by atoms with Gasteiger partial charge in [0.05, 0.1) is 5.75 Å². The lowest BCUT2D eigenvalue weighted by Crippen LogP contribution is -2.21.